The highest BCUT2D eigenvalue weighted by molar-refractivity contribution is 7.89. The van der Waals surface area contributed by atoms with E-state index < -0.39 is 34.0 Å². The number of ether oxygens (including phenoxy) is 3. The number of carbonyl (C=O) groups is 1. The van der Waals surface area contributed by atoms with Crippen LogP contribution in [0.3, 0.4) is 0 Å². The van der Waals surface area contributed by atoms with Crippen LogP contribution in [0.1, 0.15) is 38.8 Å². The summed E-state index contributed by atoms with van der Waals surface area (Å²) in [5.74, 6) is 0.592. The summed E-state index contributed by atoms with van der Waals surface area (Å²) < 4.78 is 45.9. The van der Waals surface area contributed by atoms with Crippen LogP contribution in [0.2, 0.25) is 0 Å². The summed E-state index contributed by atoms with van der Waals surface area (Å²) in [7, 11) is -2.83. The molecular formula is C29H36N2O7S. The molecule has 0 aliphatic carbocycles. The van der Waals surface area contributed by atoms with E-state index in [-0.39, 0.29) is 23.8 Å². The lowest BCUT2D eigenvalue weighted by Gasteiger charge is -2.34. The van der Waals surface area contributed by atoms with Gasteiger partial charge in [0.1, 0.15) is 18.4 Å². The van der Waals surface area contributed by atoms with Crippen LogP contribution in [0.4, 0.5) is 4.79 Å². The van der Waals surface area contributed by atoms with E-state index in [4.69, 9.17) is 14.2 Å². The topological polar surface area (TPSA) is 114 Å². The van der Waals surface area contributed by atoms with Gasteiger partial charge in [0.25, 0.3) is 0 Å². The van der Waals surface area contributed by atoms with Crippen molar-refractivity contribution in [2.24, 2.45) is 0 Å². The minimum Gasteiger partial charge on any atom is -0.493 e. The van der Waals surface area contributed by atoms with Crippen molar-refractivity contribution in [1.82, 2.24) is 9.62 Å². The van der Waals surface area contributed by atoms with Gasteiger partial charge in [0.15, 0.2) is 11.5 Å². The number of nitrogens with one attached hydrogen (secondary N) is 1. The summed E-state index contributed by atoms with van der Waals surface area (Å²) in [6, 6.07) is 22.6. The summed E-state index contributed by atoms with van der Waals surface area (Å²) in [5, 5.41) is 13.2. The van der Waals surface area contributed by atoms with Crippen LogP contribution in [-0.2, 0) is 27.9 Å². The van der Waals surface area contributed by atoms with Crippen molar-refractivity contribution < 1.29 is 32.5 Å². The summed E-state index contributed by atoms with van der Waals surface area (Å²) in [5.41, 5.74) is 0.735. The van der Waals surface area contributed by atoms with Gasteiger partial charge in [-0.05, 0) is 51.0 Å². The van der Waals surface area contributed by atoms with Gasteiger partial charge in [-0.3, -0.25) is 0 Å². The summed E-state index contributed by atoms with van der Waals surface area (Å²) in [6.07, 6.45) is -3.47. The first-order valence-electron chi connectivity index (χ1n) is 12.5. The molecule has 0 aliphatic rings. The largest absolute Gasteiger partial charge is 0.493 e. The van der Waals surface area contributed by atoms with E-state index in [9.17, 15) is 18.3 Å². The second-order valence-corrected chi connectivity index (χ2v) is 11.8. The monoisotopic (exact) mass is 556 g/mol. The van der Waals surface area contributed by atoms with Gasteiger partial charge in [0.05, 0.1) is 18.1 Å². The standard InChI is InChI=1S/C29H36N2O7S/c1-21(32)27(30-28(33)38-29(2,3)4)31(19-22-12-8-6-9-13-22)39(34,35)24-16-17-25(36-5)26(18-24)37-20-23-14-10-7-11-15-23/h6-18,21,27,32H,19-20H2,1-5H3,(H,30,33)/t21-,27+/m1/s1. The number of sulfonamides is 1. The van der Waals surface area contributed by atoms with Crippen molar-refractivity contribution in [1.29, 1.82) is 0 Å². The second kappa shape index (κ2) is 13.0. The molecule has 0 saturated heterocycles. The maximum absolute atomic E-state index is 14.1. The molecule has 0 saturated carbocycles. The normalized spacial score (nSPS) is 13.4. The molecule has 3 rings (SSSR count). The summed E-state index contributed by atoms with van der Waals surface area (Å²) in [6.45, 7) is 6.55. The molecule has 0 fully saturated rings. The summed E-state index contributed by atoms with van der Waals surface area (Å²) in [4.78, 5) is 12.6. The maximum atomic E-state index is 14.1. The van der Waals surface area contributed by atoms with Gasteiger partial charge in [-0.25, -0.2) is 13.2 Å². The molecular weight excluding hydrogens is 520 g/mol. The second-order valence-electron chi connectivity index (χ2n) is 9.95. The lowest BCUT2D eigenvalue weighted by molar-refractivity contribution is 0.0301. The highest BCUT2D eigenvalue weighted by atomic mass is 32.2. The Bertz CT molecular complexity index is 1320. The van der Waals surface area contributed by atoms with E-state index in [0.717, 1.165) is 9.87 Å². The Balaban J connectivity index is 2.01. The molecule has 9 nitrogen and oxygen atoms in total. The van der Waals surface area contributed by atoms with Crippen molar-refractivity contribution in [2.75, 3.05) is 7.11 Å². The first kappa shape index (κ1) is 29.9. The average molecular weight is 557 g/mol. The molecule has 3 aromatic rings. The van der Waals surface area contributed by atoms with Gasteiger partial charge in [-0.2, -0.15) is 4.31 Å². The lowest BCUT2D eigenvalue weighted by atomic mass is 10.2. The van der Waals surface area contributed by atoms with Crippen LogP contribution < -0.4 is 14.8 Å². The highest BCUT2D eigenvalue weighted by Crippen LogP contribution is 2.33. The van der Waals surface area contributed by atoms with E-state index in [1.807, 2.05) is 36.4 Å². The molecule has 39 heavy (non-hydrogen) atoms. The van der Waals surface area contributed by atoms with Gasteiger partial charge in [0, 0.05) is 12.6 Å². The number of carbonyl (C=O) groups excluding carboxylic acids is 1. The highest BCUT2D eigenvalue weighted by Gasteiger charge is 2.37. The van der Waals surface area contributed by atoms with Crippen LogP contribution in [-0.4, -0.2) is 48.9 Å². The predicted octanol–water partition coefficient (Wildman–Crippen LogP) is 4.70. The molecule has 2 N–H and O–H groups in total. The molecule has 0 aromatic heterocycles. The Labute approximate surface area is 230 Å². The zero-order chi connectivity index (χ0) is 28.6. The molecule has 210 valence electrons. The number of rotatable bonds is 11. The molecule has 0 radical (unpaired) electrons. The van der Waals surface area contributed by atoms with Gasteiger partial charge < -0.3 is 24.6 Å². The molecule has 0 heterocycles. The number of aliphatic hydroxyl groups excluding tert-OH is 1. The third kappa shape index (κ3) is 8.44. The summed E-state index contributed by atoms with van der Waals surface area (Å²) >= 11 is 0. The van der Waals surface area contributed by atoms with Crippen molar-refractivity contribution >= 4 is 16.1 Å². The number of alkyl carbamates (subject to hydrolysis) is 1. The van der Waals surface area contributed by atoms with Gasteiger partial charge in [-0.15, -0.1) is 0 Å². The first-order valence-corrected chi connectivity index (χ1v) is 13.9. The first-order chi connectivity index (χ1) is 18.4. The van der Waals surface area contributed by atoms with E-state index in [1.54, 1.807) is 45.0 Å². The number of benzene rings is 3. The molecule has 0 bridgehead atoms. The Hall–Kier alpha value is -3.60. The molecule has 0 aliphatic heterocycles. The number of amides is 1. The zero-order valence-corrected chi connectivity index (χ0v) is 23.6. The van der Waals surface area contributed by atoms with Gasteiger partial charge in [-0.1, -0.05) is 60.7 Å². The third-order valence-electron chi connectivity index (χ3n) is 5.59. The van der Waals surface area contributed by atoms with Crippen molar-refractivity contribution in [3.8, 4) is 11.5 Å². The molecule has 2 atom stereocenters. The van der Waals surface area contributed by atoms with Crippen LogP contribution in [0.15, 0.2) is 83.8 Å². The Morgan fingerprint density at radius 3 is 2.08 bits per heavy atom. The smallest absolute Gasteiger partial charge is 0.409 e. The zero-order valence-electron chi connectivity index (χ0n) is 22.8. The van der Waals surface area contributed by atoms with E-state index in [2.05, 4.69) is 5.32 Å². The molecule has 0 unspecified atom stereocenters. The maximum Gasteiger partial charge on any atom is 0.409 e. The third-order valence-corrected chi connectivity index (χ3v) is 7.42. The van der Waals surface area contributed by atoms with Crippen molar-refractivity contribution in [3.63, 3.8) is 0 Å². The number of nitrogens with zero attached hydrogens (tertiary/aromatic N) is 1. The SMILES string of the molecule is COc1ccc(S(=O)(=O)N(Cc2ccccc2)[C@H](NC(=O)OC(C)(C)C)[C@@H](C)O)cc1OCc1ccccc1. The van der Waals surface area contributed by atoms with Crippen LogP contribution in [0, 0.1) is 0 Å². The number of hydrogen-bond donors (Lipinski definition) is 2. The van der Waals surface area contributed by atoms with Crippen LogP contribution in [0.25, 0.3) is 0 Å². The quantitative estimate of drug-likeness (QED) is 0.329. The Morgan fingerprint density at radius 1 is 0.949 bits per heavy atom. The molecule has 3 aromatic carbocycles. The average Bonchev–Trinajstić information content (AvgIpc) is 2.89. The molecule has 0 spiro atoms. The number of aliphatic hydroxyl groups is 1. The van der Waals surface area contributed by atoms with E-state index in [0.29, 0.717) is 11.3 Å². The Kier molecular flexibility index (Phi) is 9.96. The fourth-order valence-corrected chi connectivity index (χ4v) is 5.37. The molecule has 10 heteroatoms. The molecule has 1 amide bonds. The fraction of sp³-hybridized carbons (Fsp3) is 0.345. The Morgan fingerprint density at radius 2 is 1.54 bits per heavy atom. The fourth-order valence-electron chi connectivity index (χ4n) is 3.76. The predicted molar refractivity (Wildman–Crippen MR) is 148 cm³/mol. The van der Waals surface area contributed by atoms with Gasteiger partial charge in [0.2, 0.25) is 10.0 Å². The minimum absolute atomic E-state index is 0.0982. The van der Waals surface area contributed by atoms with Gasteiger partial charge >= 0.3 is 6.09 Å². The van der Waals surface area contributed by atoms with E-state index in [1.165, 1.54) is 32.2 Å². The van der Waals surface area contributed by atoms with Crippen molar-refractivity contribution in [2.45, 2.75) is 63.6 Å². The van der Waals surface area contributed by atoms with E-state index >= 15 is 0 Å². The van der Waals surface area contributed by atoms with Crippen LogP contribution >= 0.6 is 0 Å². The number of hydrogen-bond acceptors (Lipinski definition) is 7. The van der Waals surface area contributed by atoms with Crippen molar-refractivity contribution in [3.05, 3.63) is 90.0 Å². The minimum atomic E-state index is -4.30. The number of methoxy groups -OCH3 is 1. The van der Waals surface area contributed by atoms with Crippen LogP contribution in [0.5, 0.6) is 11.5 Å². The lowest BCUT2D eigenvalue weighted by Crippen LogP contribution is -2.56.